The van der Waals surface area contributed by atoms with Gasteiger partial charge in [0, 0.05) is 6.54 Å². The Kier molecular flexibility index (Phi) is 1.75. The van der Waals surface area contributed by atoms with Crippen molar-refractivity contribution in [2.24, 2.45) is 0 Å². The first-order valence-corrected chi connectivity index (χ1v) is 2.32. The molecule has 0 fully saturated rings. The minimum Gasteiger partial charge on any atom is -0.388 e. The predicted octanol–water partition coefficient (Wildman–Crippen LogP) is 0.282. The van der Waals surface area contributed by atoms with E-state index >= 15 is 0 Å². The maximum Gasteiger partial charge on any atom is 0.103 e. The summed E-state index contributed by atoms with van der Waals surface area (Å²) in [5.41, 5.74) is 0. The van der Waals surface area contributed by atoms with Gasteiger partial charge in [-0.2, -0.15) is 0 Å². The van der Waals surface area contributed by atoms with Gasteiger partial charge in [0.05, 0.1) is 6.61 Å². The van der Waals surface area contributed by atoms with Crippen molar-refractivity contribution in [3.63, 3.8) is 0 Å². The number of hydrogen-bond acceptors (Lipinski definition) is 2. The van der Waals surface area contributed by atoms with Crippen LogP contribution in [0.15, 0.2) is 12.3 Å². The highest BCUT2D eigenvalue weighted by Gasteiger charge is 1.86. The third kappa shape index (κ3) is 1.59. The summed E-state index contributed by atoms with van der Waals surface area (Å²) in [6.45, 7) is 3.27. The SMILES string of the molecule is [CH]1CNC=CCO1. The lowest BCUT2D eigenvalue weighted by molar-refractivity contribution is 0.235. The summed E-state index contributed by atoms with van der Waals surface area (Å²) in [6.07, 6.45) is 3.83. The first-order chi connectivity index (χ1) is 3.50. The Morgan fingerprint density at radius 3 is 3.57 bits per heavy atom. The zero-order valence-electron chi connectivity index (χ0n) is 4.05. The summed E-state index contributed by atoms with van der Waals surface area (Å²) in [5, 5.41) is 2.99. The highest BCUT2D eigenvalue weighted by atomic mass is 16.5. The quantitative estimate of drug-likeness (QED) is 0.470. The van der Waals surface area contributed by atoms with Crippen molar-refractivity contribution in [1.82, 2.24) is 5.32 Å². The fourth-order valence-corrected chi connectivity index (χ4v) is 0.430. The van der Waals surface area contributed by atoms with Gasteiger partial charge in [-0.15, -0.1) is 0 Å². The third-order valence-electron chi connectivity index (χ3n) is 0.747. The molecule has 7 heavy (non-hydrogen) atoms. The molecule has 1 rings (SSSR count). The lowest BCUT2D eigenvalue weighted by Crippen LogP contribution is -2.05. The molecule has 1 N–H and O–H groups in total. The molecule has 2 nitrogen and oxygen atoms in total. The van der Waals surface area contributed by atoms with Crippen molar-refractivity contribution in [3.8, 4) is 0 Å². The van der Waals surface area contributed by atoms with Crippen LogP contribution in [0.1, 0.15) is 0 Å². The average molecular weight is 98.1 g/mol. The van der Waals surface area contributed by atoms with Crippen molar-refractivity contribution in [2.45, 2.75) is 0 Å². The number of hydrogen-bond donors (Lipinski definition) is 1. The molecule has 0 aromatic carbocycles. The van der Waals surface area contributed by atoms with Crippen LogP contribution in [-0.4, -0.2) is 13.2 Å². The molecular formula is C5H8NO. The Morgan fingerprint density at radius 1 is 1.57 bits per heavy atom. The van der Waals surface area contributed by atoms with E-state index in [1.165, 1.54) is 0 Å². The van der Waals surface area contributed by atoms with Crippen molar-refractivity contribution < 1.29 is 4.74 Å². The molecule has 0 spiro atoms. The molecule has 0 aromatic heterocycles. The lowest BCUT2D eigenvalue weighted by atomic mass is 10.6. The second kappa shape index (κ2) is 2.64. The average Bonchev–Trinajstić information content (AvgIpc) is 1.90. The highest BCUT2D eigenvalue weighted by Crippen LogP contribution is 1.84. The minimum absolute atomic E-state index is 0.701. The van der Waals surface area contributed by atoms with E-state index in [1.54, 1.807) is 6.61 Å². The van der Waals surface area contributed by atoms with Gasteiger partial charge in [-0.3, -0.25) is 0 Å². The first kappa shape index (κ1) is 4.65. The van der Waals surface area contributed by atoms with Gasteiger partial charge < -0.3 is 10.1 Å². The van der Waals surface area contributed by atoms with Gasteiger partial charge in [-0.25, -0.2) is 0 Å². The van der Waals surface area contributed by atoms with E-state index in [-0.39, 0.29) is 0 Å². The molecule has 1 aliphatic heterocycles. The molecule has 1 aliphatic rings. The van der Waals surface area contributed by atoms with Crippen molar-refractivity contribution in [3.05, 3.63) is 18.9 Å². The van der Waals surface area contributed by atoms with Crippen LogP contribution in [0.3, 0.4) is 0 Å². The van der Waals surface area contributed by atoms with Crippen molar-refractivity contribution >= 4 is 0 Å². The molecule has 0 aliphatic carbocycles. The molecule has 39 valence electrons. The van der Waals surface area contributed by atoms with Crippen LogP contribution in [-0.2, 0) is 4.74 Å². The van der Waals surface area contributed by atoms with Crippen LogP contribution in [0.25, 0.3) is 0 Å². The Hall–Kier alpha value is -0.500. The van der Waals surface area contributed by atoms with Crippen LogP contribution in [0.4, 0.5) is 0 Å². The van der Waals surface area contributed by atoms with Gasteiger partial charge in [0.15, 0.2) is 0 Å². The molecule has 0 saturated carbocycles. The largest absolute Gasteiger partial charge is 0.388 e. The minimum atomic E-state index is 0.701. The van der Waals surface area contributed by atoms with E-state index in [2.05, 4.69) is 5.32 Å². The van der Waals surface area contributed by atoms with Crippen LogP contribution in [0.5, 0.6) is 0 Å². The van der Waals surface area contributed by atoms with Crippen LogP contribution < -0.4 is 5.32 Å². The monoisotopic (exact) mass is 98.1 g/mol. The van der Waals surface area contributed by atoms with Crippen molar-refractivity contribution in [2.75, 3.05) is 13.2 Å². The molecular weight excluding hydrogens is 90.1 g/mol. The molecule has 0 unspecified atom stereocenters. The maximum atomic E-state index is 4.92. The maximum absolute atomic E-state index is 4.92. The molecule has 0 aromatic rings. The third-order valence-corrected chi connectivity index (χ3v) is 0.747. The van der Waals surface area contributed by atoms with Crippen LogP contribution >= 0.6 is 0 Å². The summed E-state index contributed by atoms with van der Waals surface area (Å²) in [7, 11) is 0. The van der Waals surface area contributed by atoms with Gasteiger partial charge >= 0.3 is 0 Å². The summed E-state index contributed by atoms with van der Waals surface area (Å²) >= 11 is 0. The van der Waals surface area contributed by atoms with E-state index in [1.807, 2.05) is 12.3 Å². The first-order valence-electron chi connectivity index (χ1n) is 2.32. The van der Waals surface area contributed by atoms with E-state index in [0.717, 1.165) is 6.54 Å². The summed E-state index contributed by atoms with van der Waals surface area (Å²) in [6, 6.07) is 0. The second-order valence-corrected chi connectivity index (χ2v) is 1.31. The molecule has 0 amide bonds. The van der Waals surface area contributed by atoms with Crippen LogP contribution in [0, 0.1) is 6.61 Å². The van der Waals surface area contributed by atoms with Crippen LogP contribution in [0.2, 0.25) is 0 Å². The molecule has 2 heteroatoms. The molecule has 0 atom stereocenters. The number of nitrogens with one attached hydrogen (secondary N) is 1. The Balaban J connectivity index is 2.20. The van der Waals surface area contributed by atoms with Gasteiger partial charge in [0.2, 0.25) is 0 Å². The lowest BCUT2D eigenvalue weighted by Gasteiger charge is -1.91. The summed E-state index contributed by atoms with van der Waals surface area (Å²) in [5.74, 6) is 0. The zero-order chi connectivity index (χ0) is 4.95. The highest BCUT2D eigenvalue weighted by molar-refractivity contribution is 4.83. The van der Waals surface area contributed by atoms with Gasteiger partial charge in [-0.1, -0.05) is 0 Å². The molecule has 0 saturated heterocycles. The van der Waals surface area contributed by atoms with E-state index in [9.17, 15) is 0 Å². The number of rotatable bonds is 0. The zero-order valence-corrected chi connectivity index (χ0v) is 4.05. The fourth-order valence-electron chi connectivity index (χ4n) is 0.430. The normalized spacial score (nSPS) is 20.6. The second-order valence-electron chi connectivity index (χ2n) is 1.31. The fraction of sp³-hybridized carbons (Fsp3) is 0.400. The smallest absolute Gasteiger partial charge is 0.103 e. The molecule has 1 heterocycles. The van der Waals surface area contributed by atoms with E-state index in [4.69, 9.17) is 4.74 Å². The standard InChI is InChI=1S/C5H8NO/c1-2-6-3-5-7-4-1/h1-2,5-6H,3-4H2. The van der Waals surface area contributed by atoms with E-state index in [0.29, 0.717) is 6.61 Å². The van der Waals surface area contributed by atoms with Gasteiger partial charge in [0.25, 0.3) is 0 Å². The Morgan fingerprint density at radius 2 is 2.57 bits per heavy atom. The topological polar surface area (TPSA) is 21.3 Å². The Bertz CT molecular complexity index is 62.5. The Labute approximate surface area is 43.2 Å². The van der Waals surface area contributed by atoms with Gasteiger partial charge in [-0.05, 0) is 12.3 Å². The van der Waals surface area contributed by atoms with E-state index < -0.39 is 0 Å². The molecule has 1 radical (unpaired) electrons. The summed E-state index contributed by atoms with van der Waals surface area (Å²) in [4.78, 5) is 0. The predicted molar refractivity (Wildman–Crippen MR) is 27.4 cm³/mol. The molecule has 0 bridgehead atoms. The van der Waals surface area contributed by atoms with Crippen molar-refractivity contribution in [1.29, 1.82) is 0 Å². The number of ether oxygens (including phenoxy) is 1. The summed E-state index contributed by atoms with van der Waals surface area (Å²) < 4.78 is 4.92. The van der Waals surface area contributed by atoms with Gasteiger partial charge in [0.1, 0.15) is 6.61 Å².